The highest BCUT2D eigenvalue weighted by atomic mass is 32.1. The number of nitrogen functional groups attached to an aromatic ring is 2. The van der Waals surface area contributed by atoms with Gasteiger partial charge >= 0.3 is 12.2 Å². The summed E-state index contributed by atoms with van der Waals surface area (Å²) < 4.78 is 126. The van der Waals surface area contributed by atoms with E-state index in [0.717, 1.165) is 12.1 Å². The first kappa shape index (κ1) is 38.1. The number of alkyl halides is 3. The Kier molecular flexibility index (Phi) is 9.09. The Morgan fingerprint density at radius 1 is 1.14 bits per heavy atom. The number of ether oxygens (including phenoxy) is 3. The molecule has 302 valence electrons. The van der Waals surface area contributed by atoms with Crippen LogP contribution in [0.3, 0.4) is 0 Å². The average molecular weight is 827 g/mol. The highest BCUT2D eigenvalue weighted by Gasteiger charge is 2.50. The number of hydrogen-bond acceptors (Lipinski definition) is 12. The van der Waals surface area contributed by atoms with E-state index in [-0.39, 0.29) is 77.3 Å². The highest BCUT2D eigenvalue weighted by molar-refractivity contribution is 7.23. The number of thiophene rings is 1. The molecule has 2 aromatic carbocycles. The third-order valence-electron chi connectivity index (χ3n) is 11.8. The van der Waals surface area contributed by atoms with E-state index in [0.29, 0.717) is 36.3 Å². The molecule has 7 heterocycles. The van der Waals surface area contributed by atoms with Crippen LogP contribution >= 0.6 is 11.3 Å². The lowest BCUT2D eigenvalue weighted by molar-refractivity contribution is -0.138. The molecule has 5 aromatic rings. The molecule has 58 heavy (non-hydrogen) atoms. The third kappa shape index (κ3) is 5.86. The van der Waals surface area contributed by atoms with E-state index in [2.05, 4.69) is 9.97 Å². The van der Waals surface area contributed by atoms with Crippen molar-refractivity contribution >= 4 is 49.0 Å². The molecule has 0 amide bonds. The van der Waals surface area contributed by atoms with E-state index in [4.69, 9.17) is 30.7 Å². The van der Waals surface area contributed by atoms with Gasteiger partial charge in [0.15, 0.2) is 5.82 Å². The summed E-state index contributed by atoms with van der Waals surface area (Å²) in [5, 5.41) is 9.11. The van der Waals surface area contributed by atoms with Crippen molar-refractivity contribution < 1.29 is 44.9 Å². The number of aromatic nitrogens is 3. The molecular formula is C39H33F7N8O3S. The second-order valence-electron chi connectivity index (χ2n) is 15.0. The molecule has 3 aromatic heterocycles. The predicted molar refractivity (Wildman–Crippen MR) is 200 cm³/mol. The molecule has 4 atom stereocenters. The first-order chi connectivity index (χ1) is 27.7. The lowest BCUT2D eigenvalue weighted by Crippen LogP contribution is -2.46. The summed E-state index contributed by atoms with van der Waals surface area (Å²) in [4.78, 5) is 16.9. The van der Waals surface area contributed by atoms with Crippen LogP contribution in [0.4, 0.5) is 47.4 Å². The van der Waals surface area contributed by atoms with E-state index in [9.17, 15) is 14.0 Å². The van der Waals surface area contributed by atoms with Crippen LogP contribution in [0, 0.1) is 28.9 Å². The number of pyridine rings is 1. The lowest BCUT2D eigenvalue weighted by atomic mass is 9.90. The van der Waals surface area contributed by atoms with Gasteiger partial charge in [0.2, 0.25) is 0 Å². The summed E-state index contributed by atoms with van der Waals surface area (Å²) in [6, 6.07) is 5.24. The third-order valence-corrected chi connectivity index (χ3v) is 12.9. The maximum Gasteiger partial charge on any atom is 0.420 e. The molecule has 4 aliphatic heterocycles. The van der Waals surface area contributed by atoms with Crippen molar-refractivity contribution in [2.24, 2.45) is 5.92 Å². The van der Waals surface area contributed by atoms with E-state index in [1.807, 2.05) is 11.0 Å². The van der Waals surface area contributed by atoms with Crippen molar-refractivity contribution in [1.82, 2.24) is 19.9 Å². The lowest BCUT2D eigenvalue weighted by Gasteiger charge is -2.40. The number of nitrogens with zero attached hydrogens (tertiary/aromatic N) is 6. The molecular weight excluding hydrogens is 794 g/mol. The van der Waals surface area contributed by atoms with Crippen molar-refractivity contribution in [2.45, 2.75) is 50.0 Å². The van der Waals surface area contributed by atoms with Gasteiger partial charge in [0.05, 0.1) is 53.1 Å². The number of nitriles is 1. The summed E-state index contributed by atoms with van der Waals surface area (Å²) in [7, 11) is 0. The molecule has 19 heteroatoms. The SMILES string of the molecule is CC(c1cccnc1N)N1c2nc(OC[C@@]34CCCN3CC(=C(F)F)C4)nc3c(F)c(-c4ccc(F)c5sc(N)c(C#N)c45)c(C(F)(F)F)c(c23)OCC2COCC21. The van der Waals surface area contributed by atoms with Gasteiger partial charge in [-0.3, -0.25) is 4.90 Å². The Labute approximate surface area is 329 Å². The summed E-state index contributed by atoms with van der Waals surface area (Å²) in [6.07, 6.45) is -4.37. The summed E-state index contributed by atoms with van der Waals surface area (Å²) >= 11 is 0.644. The fourth-order valence-corrected chi connectivity index (χ4v) is 10.1. The Balaban J connectivity index is 1.35. The topological polar surface area (TPSA) is 149 Å². The van der Waals surface area contributed by atoms with Crippen molar-refractivity contribution in [3.05, 3.63) is 70.4 Å². The first-order valence-electron chi connectivity index (χ1n) is 18.4. The van der Waals surface area contributed by atoms with Gasteiger partial charge < -0.3 is 30.6 Å². The smallest absolute Gasteiger partial charge is 0.420 e. The number of anilines is 3. The Morgan fingerprint density at radius 2 is 1.95 bits per heavy atom. The molecule has 0 radical (unpaired) electrons. The van der Waals surface area contributed by atoms with E-state index >= 15 is 22.0 Å². The first-order valence-corrected chi connectivity index (χ1v) is 19.2. The maximum absolute atomic E-state index is 17.8. The van der Waals surface area contributed by atoms with Crippen molar-refractivity contribution in [1.29, 1.82) is 5.26 Å². The molecule has 4 N–H and O–H groups in total. The van der Waals surface area contributed by atoms with Gasteiger partial charge in [-0.2, -0.15) is 37.2 Å². The molecule has 3 unspecified atom stereocenters. The van der Waals surface area contributed by atoms with Crippen LogP contribution in [0.2, 0.25) is 0 Å². The summed E-state index contributed by atoms with van der Waals surface area (Å²) in [5.74, 6) is -3.75. The van der Waals surface area contributed by atoms with Crippen LogP contribution in [0.25, 0.3) is 32.1 Å². The molecule has 3 saturated heterocycles. The molecule has 9 rings (SSSR count). The van der Waals surface area contributed by atoms with Gasteiger partial charge in [0, 0.05) is 40.7 Å². The summed E-state index contributed by atoms with van der Waals surface area (Å²) in [5.41, 5.74) is 7.99. The van der Waals surface area contributed by atoms with Gasteiger partial charge in [-0.25, -0.2) is 13.8 Å². The quantitative estimate of drug-likeness (QED) is 0.161. The van der Waals surface area contributed by atoms with Gasteiger partial charge in [-0.05, 0) is 50.4 Å². The molecule has 0 saturated carbocycles. The van der Waals surface area contributed by atoms with Crippen LogP contribution in [0.1, 0.15) is 48.9 Å². The normalized spacial score (nSPS) is 22.4. The zero-order valence-electron chi connectivity index (χ0n) is 30.6. The standard InChI is InChI=1S/C39H33F7N8O3S/c1-17(20-4-2-8-50-34(20)48)54-24-15-55-13-19(24)14-56-31-27-30(51-37(52-36(27)54)57-16-38-7-3-9-53(38)12-18(10-38)33(42)43)29(41)26(28(31)39(44,45)46)21-5-6-23(40)32-25(21)22(11-47)35(49)58-32/h2,4-6,8,17,19,24H,3,7,9-10,12-16,49H2,1H3,(H2,48,50)/t17?,19?,24?,38-/m0/s1. The fraction of sp³-hybridized carbons (Fsp3) is 0.385. The van der Waals surface area contributed by atoms with E-state index < -0.39 is 86.8 Å². The number of nitrogens with two attached hydrogens (primary N) is 2. The van der Waals surface area contributed by atoms with E-state index in [1.54, 1.807) is 24.0 Å². The molecule has 0 spiro atoms. The second kappa shape index (κ2) is 13.8. The van der Waals surface area contributed by atoms with Crippen molar-refractivity contribution in [3.63, 3.8) is 0 Å². The minimum atomic E-state index is -5.30. The van der Waals surface area contributed by atoms with Crippen LogP contribution in [-0.2, 0) is 10.9 Å². The van der Waals surface area contributed by atoms with Gasteiger partial charge in [-0.15, -0.1) is 11.3 Å². The molecule has 3 fully saturated rings. The number of benzene rings is 2. The minimum Gasteiger partial charge on any atom is -0.492 e. The molecule has 4 aliphatic rings. The number of rotatable bonds is 6. The van der Waals surface area contributed by atoms with Crippen molar-refractivity contribution in [3.8, 4) is 29.0 Å². The van der Waals surface area contributed by atoms with Crippen LogP contribution < -0.4 is 25.8 Å². The fourth-order valence-electron chi connectivity index (χ4n) is 9.16. The zero-order chi connectivity index (χ0) is 40.8. The monoisotopic (exact) mass is 826 g/mol. The average Bonchev–Trinajstić information content (AvgIpc) is 3.96. The number of hydrogen-bond donors (Lipinski definition) is 2. The van der Waals surface area contributed by atoms with Crippen molar-refractivity contribution in [2.75, 3.05) is 55.9 Å². The van der Waals surface area contributed by atoms with Crippen LogP contribution in [-0.4, -0.2) is 70.9 Å². The van der Waals surface area contributed by atoms with Crippen LogP contribution in [0.5, 0.6) is 11.8 Å². The van der Waals surface area contributed by atoms with Gasteiger partial charge in [0.1, 0.15) is 52.0 Å². The second-order valence-corrected chi connectivity index (χ2v) is 16.1. The Morgan fingerprint density at radius 3 is 2.69 bits per heavy atom. The minimum absolute atomic E-state index is 0.0112. The Bertz CT molecular complexity index is 2590. The number of halogens is 7. The molecule has 0 aliphatic carbocycles. The maximum atomic E-state index is 17.8. The Hall–Kier alpha value is -5.45. The number of fused-ring (bicyclic) bond motifs is 3. The largest absolute Gasteiger partial charge is 0.492 e. The van der Waals surface area contributed by atoms with Gasteiger partial charge in [0.25, 0.3) is 6.08 Å². The molecule has 11 nitrogen and oxygen atoms in total. The molecule has 0 bridgehead atoms. The van der Waals surface area contributed by atoms with E-state index in [1.165, 1.54) is 6.20 Å². The summed E-state index contributed by atoms with van der Waals surface area (Å²) in [6.45, 7) is 2.02. The predicted octanol–water partition coefficient (Wildman–Crippen LogP) is 7.98. The van der Waals surface area contributed by atoms with Crippen LogP contribution in [0.15, 0.2) is 42.1 Å². The zero-order valence-corrected chi connectivity index (χ0v) is 31.4. The highest BCUT2D eigenvalue weighted by Crippen LogP contribution is 2.55. The van der Waals surface area contributed by atoms with Gasteiger partial charge in [-0.1, -0.05) is 12.1 Å².